The Morgan fingerprint density at radius 1 is 1.00 bits per heavy atom. The molecular weight excluding hydrogens is 262 g/mol. The zero-order chi connectivity index (χ0) is 15.1. The van der Waals surface area contributed by atoms with Crippen molar-refractivity contribution in [3.63, 3.8) is 0 Å². The third kappa shape index (κ3) is 4.06. The maximum atomic E-state index is 5.72. The maximum absolute atomic E-state index is 5.72. The quantitative estimate of drug-likeness (QED) is 0.847. The molecular formula is C18H23NO2. The van der Waals surface area contributed by atoms with E-state index in [-0.39, 0.29) is 12.1 Å². The third-order valence-corrected chi connectivity index (χ3v) is 3.71. The van der Waals surface area contributed by atoms with Gasteiger partial charge in [-0.05, 0) is 36.7 Å². The summed E-state index contributed by atoms with van der Waals surface area (Å²) in [6.45, 7) is 0. The van der Waals surface area contributed by atoms with Gasteiger partial charge in [0, 0.05) is 13.2 Å². The highest BCUT2D eigenvalue weighted by Crippen LogP contribution is 2.24. The predicted octanol–water partition coefficient (Wildman–Crippen LogP) is 3.21. The number of hydrogen-bond donors (Lipinski definition) is 1. The van der Waals surface area contributed by atoms with Crippen LogP contribution in [-0.2, 0) is 11.2 Å². The van der Waals surface area contributed by atoms with Crippen LogP contribution in [0.5, 0.6) is 5.75 Å². The van der Waals surface area contributed by atoms with Crippen molar-refractivity contribution in [1.82, 2.24) is 5.32 Å². The highest BCUT2D eigenvalue weighted by atomic mass is 16.5. The number of methoxy groups -OCH3 is 2. The molecule has 0 saturated heterocycles. The van der Waals surface area contributed by atoms with Crippen molar-refractivity contribution in [2.75, 3.05) is 21.3 Å². The van der Waals surface area contributed by atoms with Gasteiger partial charge in [0.1, 0.15) is 5.75 Å². The fourth-order valence-electron chi connectivity index (χ4n) is 2.59. The largest absolute Gasteiger partial charge is 0.497 e. The molecule has 3 heteroatoms. The van der Waals surface area contributed by atoms with Crippen LogP contribution in [0.4, 0.5) is 0 Å². The standard InChI is InChI=1S/C18H23NO2/c1-19-17(13-14-8-7-11-16(12-14)20-2)18(21-3)15-9-5-4-6-10-15/h4-12,17-19H,13H2,1-3H3. The van der Waals surface area contributed by atoms with Crippen molar-refractivity contribution in [2.24, 2.45) is 0 Å². The lowest BCUT2D eigenvalue weighted by molar-refractivity contribution is 0.0704. The number of nitrogens with one attached hydrogen (secondary N) is 1. The summed E-state index contributed by atoms with van der Waals surface area (Å²) in [5.74, 6) is 0.885. The Kier molecular flexibility index (Phi) is 5.78. The molecule has 1 N–H and O–H groups in total. The summed E-state index contributed by atoms with van der Waals surface area (Å²) in [5.41, 5.74) is 2.41. The summed E-state index contributed by atoms with van der Waals surface area (Å²) in [6.07, 6.45) is 0.892. The van der Waals surface area contributed by atoms with Gasteiger partial charge in [-0.15, -0.1) is 0 Å². The first kappa shape index (κ1) is 15.5. The van der Waals surface area contributed by atoms with Crippen LogP contribution in [0.25, 0.3) is 0 Å². The first-order valence-corrected chi connectivity index (χ1v) is 7.16. The minimum Gasteiger partial charge on any atom is -0.497 e. The molecule has 2 unspecified atom stereocenters. The Morgan fingerprint density at radius 3 is 2.38 bits per heavy atom. The number of ether oxygens (including phenoxy) is 2. The molecule has 0 aliphatic rings. The van der Waals surface area contributed by atoms with E-state index in [1.807, 2.05) is 37.4 Å². The normalized spacial score (nSPS) is 13.7. The second-order valence-corrected chi connectivity index (χ2v) is 5.02. The van der Waals surface area contributed by atoms with E-state index in [0.29, 0.717) is 0 Å². The lowest BCUT2D eigenvalue weighted by Crippen LogP contribution is -2.35. The van der Waals surface area contributed by atoms with E-state index in [9.17, 15) is 0 Å². The molecule has 2 atom stereocenters. The van der Waals surface area contributed by atoms with Crippen molar-refractivity contribution in [3.05, 3.63) is 65.7 Å². The first-order valence-electron chi connectivity index (χ1n) is 7.16. The van der Waals surface area contributed by atoms with Gasteiger partial charge in [0.2, 0.25) is 0 Å². The monoisotopic (exact) mass is 285 g/mol. The Balaban J connectivity index is 2.17. The molecule has 21 heavy (non-hydrogen) atoms. The van der Waals surface area contributed by atoms with Gasteiger partial charge in [-0.3, -0.25) is 0 Å². The fraction of sp³-hybridized carbons (Fsp3) is 0.333. The summed E-state index contributed by atoms with van der Waals surface area (Å²) < 4.78 is 11.0. The fourth-order valence-corrected chi connectivity index (χ4v) is 2.59. The van der Waals surface area contributed by atoms with Crippen LogP contribution in [0.15, 0.2) is 54.6 Å². The SMILES string of the molecule is CNC(Cc1cccc(OC)c1)C(OC)c1ccccc1. The molecule has 112 valence electrons. The Hall–Kier alpha value is -1.84. The number of likely N-dealkylation sites (N-methyl/N-ethyl adjacent to an activating group) is 1. The lowest BCUT2D eigenvalue weighted by Gasteiger charge is -2.26. The average molecular weight is 285 g/mol. The number of rotatable bonds is 7. The summed E-state index contributed by atoms with van der Waals surface area (Å²) in [5, 5.41) is 3.37. The molecule has 2 aromatic carbocycles. The van der Waals surface area contributed by atoms with Gasteiger partial charge in [0.25, 0.3) is 0 Å². The van der Waals surface area contributed by atoms with Crippen LogP contribution >= 0.6 is 0 Å². The Morgan fingerprint density at radius 2 is 1.76 bits per heavy atom. The Labute approximate surface area is 126 Å². The number of benzene rings is 2. The molecule has 2 aromatic rings. The lowest BCUT2D eigenvalue weighted by atomic mass is 9.96. The smallest absolute Gasteiger partial charge is 0.119 e. The van der Waals surface area contributed by atoms with Gasteiger partial charge in [0.15, 0.2) is 0 Å². The Bertz CT molecular complexity index is 542. The summed E-state index contributed by atoms with van der Waals surface area (Å²) in [4.78, 5) is 0. The van der Waals surface area contributed by atoms with E-state index in [1.54, 1.807) is 14.2 Å². The van der Waals surface area contributed by atoms with Crippen LogP contribution < -0.4 is 10.1 Å². The van der Waals surface area contributed by atoms with Gasteiger partial charge in [-0.1, -0.05) is 42.5 Å². The zero-order valence-electron chi connectivity index (χ0n) is 12.9. The molecule has 0 heterocycles. The molecule has 0 aliphatic heterocycles. The van der Waals surface area contributed by atoms with Crippen molar-refractivity contribution in [1.29, 1.82) is 0 Å². The topological polar surface area (TPSA) is 30.5 Å². The van der Waals surface area contributed by atoms with E-state index in [2.05, 4.69) is 29.6 Å². The van der Waals surface area contributed by atoms with Gasteiger partial charge < -0.3 is 14.8 Å². The van der Waals surface area contributed by atoms with Crippen molar-refractivity contribution < 1.29 is 9.47 Å². The van der Waals surface area contributed by atoms with E-state index >= 15 is 0 Å². The van der Waals surface area contributed by atoms with Gasteiger partial charge in [-0.25, -0.2) is 0 Å². The molecule has 0 fully saturated rings. The van der Waals surface area contributed by atoms with Crippen molar-refractivity contribution in [2.45, 2.75) is 18.6 Å². The second kappa shape index (κ2) is 7.81. The molecule has 2 rings (SSSR count). The zero-order valence-corrected chi connectivity index (χ0v) is 12.9. The predicted molar refractivity (Wildman–Crippen MR) is 85.7 cm³/mol. The maximum Gasteiger partial charge on any atom is 0.119 e. The van der Waals surface area contributed by atoms with Gasteiger partial charge in [-0.2, -0.15) is 0 Å². The molecule has 0 radical (unpaired) electrons. The van der Waals surface area contributed by atoms with E-state index in [0.717, 1.165) is 12.2 Å². The average Bonchev–Trinajstić information content (AvgIpc) is 2.55. The van der Waals surface area contributed by atoms with Crippen LogP contribution in [0.1, 0.15) is 17.2 Å². The molecule has 0 bridgehead atoms. The first-order chi connectivity index (χ1) is 10.3. The minimum atomic E-state index is 0.0161. The van der Waals surface area contributed by atoms with Gasteiger partial charge in [0.05, 0.1) is 13.2 Å². The number of hydrogen-bond acceptors (Lipinski definition) is 3. The molecule has 0 aromatic heterocycles. The summed E-state index contributed by atoms with van der Waals surface area (Å²) >= 11 is 0. The summed E-state index contributed by atoms with van der Waals surface area (Å²) in [6, 6.07) is 18.7. The molecule has 3 nitrogen and oxygen atoms in total. The molecule has 0 aliphatic carbocycles. The van der Waals surface area contributed by atoms with Crippen molar-refractivity contribution >= 4 is 0 Å². The van der Waals surface area contributed by atoms with Crippen LogP contribution in [0.3, 0.4) is 0 Å². The van der Waals surface area contributed by atoms with E-state index < -0.39 is 0 Å². The van der Waals surface area contributed by atoms with Crippen LogP contribution in [0, 0.1) is 0 Å². The van der Waals surface area contributed by atoms with Crippen molar-refractivity contribution in [3.8, 4) is 5.75 Å². The second-order valence-electron chi connectivity index (χ2n) is 5.02. The molecule has 0 spiro atoms. The van der Waals surface area contributed by atoms with Crippen LogP contribution in [-0.4, -0.2) is 27.3 Å². The highest BCUT2D eigenvalue weighted by Gasteiger charge is 2.21. The third-order valence-electron chi connectivity index (χ3n) is 3.71. The minimum absolute atomic E-state index is 0.0161. The van der Waals surface area contributed by atoms with Crippen LogP contribution in [0.2, 0.25) is 0 Å². The molecule has 0 amide bonds. The highest BCUT2D eigenvalue weighted by molar-refractivity contribution is 5.30. The van der Waals surface area contributed by atoms with E-state index in [4.69, 9.17) is 9.47 Å². The van der Waals surface area contributed by atoms with Gasteiger partial charge >= 0.3 is 0 Å². The summed E-state index contributed by atoms with van der Waals surface area (Å²) in [7, 11) is 5.42. The molecule has 0 saturated carbocycles. The van der Waals surface area contributed by atoms with E-state index in [1.165, 1.54) is 11.1 Å².